The Morgan fingerprint density at radius 2 is 2.00 bits per heavy atom. The Labute approximate surface area is 109 Å². The molecule has 0 spiro atoms. The summed E-state index contributed by atoms with van der Waals surface area (Å²) in [6, 6.07) is 5.86. The average molecular weight is 302 g/mol. The summed E-state index contributed by atoms with van der Waals surface area (Å²) in [5, 5.41) is 1.88. The van der Waals surface area contributed by atoms with Gasteiger partial charge in [-0.1, -0.05) is 17.7 Å². The minimum atomic E-state index is -0.390. The van der Waals surface area contributed by atoms with Crippen molar-refractivity contribution in [3.8, 4) is 0 Å². The van der Waals surface area contributed by atoms with Crippen LogP contribution < -0.4 is 5.73 Å². The summed E-state index contributed by atoms with van der Waals surface area (Å²) in [6.45, 7) is 3.99. The molecular weight excluding hydrogens is 288 g/mol. The van der Waals surface area contributed by atoms with Gasteiger partial charge in [-0.15, -0.1) is 0 Å². The van der Waals surface area contributed by atoms with Crippen LogP contribution in [0.4, 0.5) is 0 Å². The Balaban J connectivity index is 2.87. The van der Waals surface area contributed by atoms with E-state index in [0.717, 1.165) is 26.1 Å². The molecule has 1 aromatic heterocycles. The van der Waals surface area contributed by atoms with Gasteiger partial charge in [-0.3, -0.25) is 0 Å². The standard InChI is InChI=1S/C12H14BrClN2/c1-12(2,15)11-10(13)8-5-4-7(14)6-9(8)16(11)3/h4-6H,15H2,1-3H3. The van der Waals surface area contributed by atoms with E-state index in [1.54, 1.807) is 0 Å². The van der Waals surface area contributed by atoms with Crippen molar-refractivity contribution in [2.75, 3.05) is 0 Å². The van der Waals surface area contributed by atoms with Crippen LogP contribution in [0.25, 0.3) is 10.9 Å². The van der Waals surface area contributed by atoms with E-state index in [4.69, 9.17) is 17.3 Å². The zero-order valence-corrected chi connectivity index (χ0v) is 11.9. The summed E-state index contributed by atoms with van der Waals surface area (Å²) in [5.41, 5.74) is 7.95. The maximum Gasteiger partial charge on any atom is 0.0523 e. The fourth-order valence-electron chi connectivity index (χ4n) is 2.08. The molecule has 2 aromatic rings. The van der Waals surface area contributed by atoms with Crippen molar-refractivity contribution in [1.82, 2.24) is 4.57 Å². The highest BCUT2D eigenvalue weighted by molar-refractivity contribution is 9.10. The second kappa shape index (κ2) is 3.76. The van der Waals surface area contributed by atoms with Crippen LogP contribution in [-0.4, -0.2) is 4.57 Å². The number of rotatable bonds is 1. The van der Waals surface area contributed by atoms with Gasteiger partial charge in [0.2, 0.25) is 0 Å². The molecular formula is C12H14BrClN2. The van der Waals surface area contributed by atoms with Crippen molar-refractivity contribution in [3.05, 3.63) is 33.4 Å². The monoisotopic (exact) mass is 300 g/mol. The van der Waals surface area contributed by atoms with Crippen molar-refractivity contribution in [2.45, 2.75) is 19.4 Å². The van der Waals surface area contributed by atoms with Crippen molar-refractivity contribution in [2.24, 2.45) is 12.8 Å². The van der Waals surface area contributed by atoms with Gasteiger partial charge in [0.1, 0.15) is 0 Å². The molecule has 2 nitrogen and oxygen atoms in total. The molecule has 0 aliphatic rings. The Hall–Kier alpha value is -0.510. The average Bonchev–Trinajstić information content (AvgIpc) is 2.38. The first-order chi connectivity index (χ1) is 7.32. The molecule has 2 N–H and O–H groups in total. The van der Waals surface area contributed by atoms with E-state index in [-0.39, 0.29) is 5.54 Å². The van der Waals surface area contributed by atoms with Gasteiger partial charge in [-0.05, 0) is 41.9 Å². The van der Waals surface area contributed by atoms with E-state index in [0.29, 0.717) is 0 Å². The molecule has 16 heavy (non-hydrogen) atoms. The molecule has 0 radical (unpaired) electrons. The first-order valence-corrected chi connectivity index (χ1v) is 6.22. The van der Waals surface area contributed by atoms with Crippen LogP contribution in [0.1, 0.15) is 19.5 Å². The SMILES string of the molecule is Cn1c(C(C)(C)N)c(Br)c2ccc(Cl)cc21. The van der Waals surface area contributed by atoms with E-state index >= 15 is 0 Å². The summed E-state index contributed by atoms with van der Waals surface area (Å²) in [5.74, 6) is 0. The Morgan fingerprint density at radius 3 is 2.56 bits per heavy atom. The third kappa shape index (κ3) is 1.77. The maximum absolute atomic E-state index is 6.18. The largest absolute Gasteiger partial charge is 0.345 e. The molecule has 0 unspecified atom stereocenters. The van der Waals surface area contributed by atoms with E-state index in [9.17, 15) is 0 Å². The highest BCUT2D eigenvalue weighted by Gasteiger charge is 2.24. The molecule has 4 heteroatoms. The van der Waals surface area contributed by atoms with Crippen LogP contribution in [-0.2, 0) is 12.6 Å². The molecule has 2 rings (SSSR count). The maximum atomic E-state index is 6.18. The summed E-state index contributed by atoms with van der Waals surface area (Å²) in [6.07, 6.45) is 0. The predicted molar refractivity (Wildman–Crippen MR) is 72.8 cm³/mol. The van der Waals surface area contributed by atoms with Crippen LogP contribution in [0.2, 0.25) is 5.02 Å². The normalized spacial score (nSPS) is 12.4. The molecule has 0 amide bonds. The molecule has 86 valence electrons. The van der Waals surface area contributed by atoms with Gasteiger partial charge < -0.3 is 10.3 Å². The lowest BCUT2D eigenvalue weighted by Crippen LogP contribution is -2.31. The molecule has 0 bridgehead atoms. The predicted octanol–water partition coefficient (Wildman–Crippen LogP) is 3.79. The van der Waals surface area contributed by atoms with Crippen LogP contribution >= 0.6 is 27.5 Å². The van der Waals surface area contributed by atoms with Gasteiger partial charge >= 0.3 is 0 Å². The van der Waals surface area contributed by atoms with E-state index in [1.807, 2.05) is 39.1 Å². The lowest BCUT2D eigenvalue weighted by atomic mass is 10.0. The number of hydrogen-bond donors (Lipinski definition) is 1. The van der Waals surface area contributed by atoms with Gasteiger partial charge in [0, 0.05) is 21.9 Å². The van der Waals surface area contributed by atoms with Gasteiger partial charge in [0.25, 0.3) is 0 Å². The van der Waals surface area contributed by atoms with Crippen molar-refractivity contribution in [3.63, 3.8) is 0 Å². The highest BCUT2D eigenvalue weighted by atomic mass is 79.9. The molecule has 0 atom stereocenters. The molecule has 0 aliphatic carbocycles. The molecule has 0 aliphatic heterocycles. The third-order valence-electron chi connectivity index (χ3n) is 2.71. The molecule has 0 saturated carbocycles. The van der Waals surface area contributed by atoms with E-state index in [1.165, 1.54) is 0 Å². The van der Waals surface area contributed by atoms with Gasteiger partial charge in [0.15, 0.2) is 0 Å². The lowest BCUT2D eigenvalue weighted by Gasteiger charge is -2.20. The van der Waals surface area contributed by atoms with Crippen molar-refractivity contribution < 1.29 is 0 Å². The Bertz CT molecular complexity index is 552. The van der Waals surface area contributed by atoms with Crippen LogP contribution in [0.3, 0.4) is 0 Å². The lowest BCUT2D eigenvalue weighted by molar-refractivity contribution is 0.513. The van der Waals surface area contributed by atoms with Crippen molar-refractivity contribution in [1.29, 1.82) is 0 Å². The highest BCUT2D eigenvalue weighted by Crippen LogP contribution is 2.36. The van der Waals surface area contributed by atoms with Crippen LogP contribution in [0.5, 0.6) is 0 Å². The topological polar surface area (TPSA) is 30.9 Å². The minimum absolute atomic E-state index is 0.390. The van der Waals surface area contributed by atoms with Gasteiger partial charge in [-0.2, -0.15) is 0 Å². The van der Waals surface area contributed by atoms with Gasteiger partial charge in [-0.25, -0.2) is 0 Å². The molecule has 0 saturated heterocycles. The molecule has 0 fully saturated rings. The van der Waals surface area contributed by atoms with Crippen molar-refractivity contribution >= 4 is 38.4 Å². The number of fused-ring (bicyclic) bond motifs is 1. The first-order valence-electron chi connectivity index (χ1n) is 5.05. The summed E-state index contributed by atoms with van der Waals surface area (Å²) in [7, 11) is 2.01. The van der Waals surface area contributed by atoms with Crippen LogP contribution in [0, 0.1) is 0 Å². The number of nitrogens with two attached hydrogens (primary N) is 1. The smallest absolute Gasteiger partial charge is 0.0523 e. The summed E-state index contributed by atoms with van der Waals surface area (Å²) in [4.78, 5) is 0. The fourth-order valence-corrected chi connectivity index (χ4v) is 3.36. The Kier molecular flexibility index (Phi) is 2.81. The Morgan fingerprint density at radius 1 is 1.38 bits per heavy atom. The number of halogens is 2. The summed E-state index contributed by atoms with van der Waals surface area (Å²) < 4.78 is 3.14. The fraction of sp³-hybridized carbons (Fsp3) is 0.333. The second-order valence-electron chi connectivity index (χ2n) is 4.60. The van der Waals surface area contributed by atoms with E-state index in [2.05, 4.69) is 20.5 Å². The number of benzene rings is 1. The number of hydrogen-bond acceptors (Lipinski definition) is 1. The second-order valence-corrected chi connectivity index (χ2v) is 5.83. The zero-order chi connectivity index (χ0) is 12.1. The quantitative estimate of drug-likeness (QED) is 0.853. The first kappa shape index (κ1) is 12.0. The van der Waals surface area contributed by atoms with Crippen LogP contribution in [0.15, 0.2) is 22.7 Å². The molecule has 1 heterocycles. The minimum Gasteiger partial charge on any atom is -0.345 e. The van der Waals surface area contributed by atoms with Gasteiger partial charge in [0.05, 0.1) is 16.7 Å². The summed E-state index contributed by atoms with van der Waals surface area (Å²) >= 11 is 9.63. The third-order valence-corrected chi connectivity index (χ3v) is 3.75. The van der Waals surface area contributed by atoms with E-state index < -0.39 is 0 Å². The molecule has 1 aromatic carbocycles. The number of aromatic nitrogens is 1. The number of aryl methyl sites for hydroxylation is 1. The zero-order valence-electron chi connectivity index (χ0n) is 9.51. The number of nitrogens with zero attached hydrogens (tertiary/aromatic N) is 1.